The normalized spacial score (nSPS) is 10.4. The molecule has 0 saturated carbocycles. The van der Waals surface area contributed by atoms with Gasteiger partial charge in [-0.2, -0.15) is 5.10 Å². The summed E-state index contributed by atoms with van der Waals surface area (Å²) in [6.45, 7) is 0.647. The Bertz CT molecular complexity index is 599. The SMILES string of the molecule is Oc1cccc(/C=N/NC(=S)NCc2ccccc2)c1. The van der Waals surface area contributed by atoms with Gasteiger partial charge in [-0.15, -0.1) is 0 Å². The number of aromatic hydroxyl groups is 1. The summed E-state index contributed by atoms with van der Waals surface area (Å²) in [7, 11) is 0. The monoisotopic (exact) mass is 285 g/mol. The van der Waals surface area contributed by atoms with E-state index in [9.17, 15) is 5.11 Å². The van der Waals surface area contributed by atoms with Crippen molar-refractivity contribution >= 4 is 23.5 Å². The predicted molar refractivity (Wildman–Crippen MR) is 84.7 cm³/mol. The Morgan fingerprint density at radius 1 is 1.15 bits per heavy atom. The van der Waals surface area contributed by atoms with Gasteiger partial charge in [0, 0.05) is 6.54 Å². The molecule has 20 heavy (non-hydrogen) atoms. The molecule has 3 N–H and O–H groups in total. The van der Waals surface area contributed by atoms with Gasteiger partial charge < -0.3 is 10.4 Å². The number of hydrazone groups is 1. The van der Waals surface area contributed by atoms with E-state index in [2.05, 4.69) is 15.8 Å². The van der Waals surface area contributed by atoms with Crippen LogP contribution in [0.1, 0.15) is 11.1 Å². The molecule has 2 aromatic rings. The lowest BCUT2D eigenvalue weighted by Gasteiger charge is -2.06. The lowest BCUT2D eigenvalue weighted by Crippen LogP contribution is -2.31. The fraction of sp³-hybridized carbons (Fsp3) is 0.0667. The molecule has 0 amide bonds. The molecule has 102 valence electrons. The number of phenols is 1. The standard InChI is InChI=1S/C15H15N3OS/c19-14-8-4-7-13(9-14)11-17-18-15(20)16-10-12-5-2-1-3-6-12/h1-9,11,19H,10H2,(H2,16,18,20)/b17-11+. The van der Waals surface area contributed by atoms with Gasteiger partial charge >= 0.3 is 0 Å². The Hall–Kier alpha value is -2.40. The summed E-state index contributed by atoms with van der Waals surface area (Å²) < 4.78 is 0. The van der Waals surface area contributed by atoms with Crippen molar-refractivity contribution in [3.63, 3.8) is 0 Å². The van der Waals surface area contributed by atoms with Crippen LogP contribution in [0.5, 0.6) is 5.75 Å². The Balaban J connectivity index is 1.78. The molecule has 0 radical (unpaired) electrons. The minimum absolute atomic E-state index is 0.207. The Morgan fingerprint density at radius 2 is 1.95 bits per heavy atom. The highest BCUT2D eigenvalue weighted by Gasteiger charge is 1.94. The van der Waals surface area contributed by atoms with Crippen LogP contribution in [-0.2, 0) is 6.54 Å². The van der Waals surface area contributed by atoms with E-state index >= 15 is 0 Å². The van der Waals surface area contributed by atoms with E-state index in [1.54, 1.807) is 24.4 Å². The van der Waals surface area contributed by atoms with Crippen molar-refractivity contribution in [2.75, 3.05) is 0 Å². The molecule has 0 heterocycles. The summed E-state index contributed by atoms with van der Waals surface area (Å²) in [5.74, 6) is 0.207. The third-order valence-corrected chi connectivity index (χ3v) is 2.78. The molecule has 0 spiro atoms. The number of rotatable bonds is 4. The number of thiocarbonyl (C=S) groups is 1. The molecule has 0 fully saturated rings. The largest absolute Gasteiger partial charge is 0.508 e. The van der Waals surface area contributed by atoms with Crippen LogP contribution in [0.4, 0.5) is 0 Å². The van der Waals surface area contributed by atoms with Gasteiger partial charge in [0.2, 0.25) is 0 Å². The van der Waals surface area contributed by atoms with E-state index in [1.807, 2.05) is 36.4 Å². The molecule has 0 bridgehead atoms. The number of nitrogens with one attached hydrogen (secondary N) is 2. The van der Waals surface area contributed by atoms with E-state index in [1.165, 1.54) is 0 Å². The Labute approximate surface area is 123 Å². The van der Waals surface area contributed by atoms with Crippen LogP contribution in [0.15, 0.2) is 59.7 Å². The summed E-state index contributed by atoms with van der Waals surface area (Å²) in [6, 6.07) is 16.8. The average Bonchev–Trinajstić information content (AvgIpc) is 2.46. The number of nitrogens with zero attached hydrogens (tertiary/aromatic N) is 1. The van der Waals surface area contributed by atoms with Gasteiger partial charge in [-0.25, -0.2) is 0 Å². The highest BCUT2D eigenvalue weighted by molar-refractivity contribution is 7.80. The Kier molecular flexibility index (Phi) is 5.08. The zero-order chi connectivity index (χ0) is 14.2. The molecule has 4 nitrogen and oxygen atoms in total. The average molecular weight is 285 g/mol. The molecule has 2 rings (SSSR count). The fourth-order valence-electron chi connectivity index (χ4n) is 1.59. The highest BCUT2D eigenvalue weighted by atomic mass is 32.1. The van der Waals surface area contributed by atoms with Crippen molar-refractivity contribution in [2.24, 2.45) is 5.10 Å². The maximum Gasteiger partial charge on any atom is 0.187 e. The lowest BCUT2D eigenvalue weighted by molar-refractivity contribution is 0.475. The van der Waals surface area contributed by atoms with Gasteiger partial charge in [-0.05, 0) is 35.5 Å². The van der Waals surface area contributed by atoms with E-state index in [4.69, 9.17) is 12.2 Å². The first-order chi connectivity index (χ1) is 9.74. The van der Waals surface area contributed by atoms with Crippen LogP contribution in [-0.4, -0.2) is 16.4 Å². The highest BCUT2D eigenvalue weighted by Crippen LogP contribution is 2.08. The van der Waals surface area contributed by atoms with Crippen molar-refractivity contribution in [2.45, 2.75) is 6.54 Å². The molecule has 2 aromatic carbocycles. The molecule has 0 unspecified atom stereocenters. The second-order valence-electron chi connectivity index (χ2n) is 4.13. The minimum Gasteiger partial charge on any atom is -0.508 e. The van der Waals surface area contributed by atoms with Crippen LogP contribution in [0.3, 0.4) is 0 Å². The van der Waals surface area contributed by atoms with Crippen molar-refractivity contribution in [1.82, 2.24) is 10.7 Å². The summed E-state index contributed by atoms with van der Waals surface area (Å²) >= 11 is 5.11. The van der Waals surface area contributed by atoms with E-state index < -0.39 is 0 Å². The predicted octanol–water partition coefficient (Wildman–Crippen LogP) is 2.39. The van der Waals surface area contributed by atoms with Crippen LogP contribution in [0, 0.1) is 0 Å². The summed E-state index contributed by atoms with van der Waals surface area (Å²) in [6.07, 6.45) is 1.59. The summed E-state index contributed by atoms with van der Waals surface area (Å²) in [5, 5.41) is 16.8. The van der Waals surface area contributed by atoms with Crippen molar-refractivity contribution in [3.8, 4) is 5.75 Å². The number of hydrogen-bond acceptors (Lipinski definition) is 3. The fourth-order valence-corrected chi connectivity index (χ4v) is 1.71. The molecular formula is C15H15N3OS. The first kappa shape index (κ1) is 14.0. The number of phenolic OH excluding ortho intramolecular Hbond substituents is 1. The Morgan fingerprint density at radius 3 is 2.70 bits per heavy atom. The van der Waals surface area contributed by atoms with Crippen molar-refractivity contribution in [3.05, 3.63) is 65.7 Å². The van der Waals surface area contributed by atoms with E-state index in [-0.39, 0.29) is 5.75 Å². The van der Waals surface area contributed by atoms with Crippen LogP contribution in [0.25, 0.3) is 0 Å². The molecule has 0 aromatic heterocycles. The van der Waals surface area contributed by atoms with Crippen molar-refractivity contribution < 1.29 is 5.11 Å². The van der Waals surface area contributed by atoms with Gasteiger partial charge in [0.1, 0.15) is 5.75 Å². The van der Waals surface area contributed by atoms with Crippen LogP contribution in [0.2, 0.25) is 0 Å². The minimum atomic E-state index is 0.207. The molecule has 0 aliphatic carbocycles. The van der Waals surface area contributed by atoms with Gasteiger partial charge in [-0.3, -0.25) is 5.43 Å². The van der Waals surface area contributed by atoms with Gasteiger partial charge in [0.05, 0.1) is 6.21 Å². The number of benzene rings is 2. The molecule has 5 heteroatoms. The van der Waals surface area contributed by atoms with Crippen LogP contribution >= 0.6 is 12.2 Å². The smallest absolute Gasteiger partial charge is 0.187 e. The second-order valence-corrected chi connectivity index (χ2v) is 4.54. The van der Waals surface area contributed by atoms with Gasteiger partial charge in [0.15, 0.2) is 5.11 Å². The third-order valence-electron chi connectivity index (χ3n) is 2.55. The zero-order valence-electron chi connectivity index (χ0n) is 10.8. The zero-order valence-corrected chi connectivity index (χ0v) is 11.6. The first-order valence-corrected chi connectivity index (χ1v) is 6.55. The molecule has 0 aliphatic rings. The maximum absolute atomic E-state index is 9.31. The molecule has 0 atom stereocenters. The van der Waals surface area contributed by atoms with E-state index in [0.29, 0.717) is 11.7 Å². The van der Waals surface area contributed by atoms with E-state index in [0.717, 1.165) is 11.1 Å². The third kappa shape index (κ3) is 4.70. The topological polar surface area (TPSA) is 56.7 Å². The molecule has 0 saturated heterocycles. The second kappa shape index (κ2) is 7.25. The van der Waals surface area contributed by atoms with Crippen LogP contribution < -0.4 is 10.7 Å². The lowest BCUT2D eigenvalue weighted by atomic mass is 10.2. The first-order valence-electron chi connectivity index (χ1n) is 6.14. The molecular weight excluding hydrogens is 270 g/mol. The van der Waals surface area contributed by atoms with Gasteiger partial charge in [-0.1, -0.05) is 42.5 Å². The van der Waals surface area contributed by atoms with Gasteiger partial charge in [0.25, 0.3) is 0 Å². The molecule has 0 aliphatic heterocycles. The summed E-state index contributed by atoms with van der Waals surface area (Å²) in [4.78, 5) is 0. The quantitative estimate of drug-likeness (QED) is 0.459. The van der Waals surface area contributed by atoms with Crippen molar-refractivity contribution in [1.29, 1.82) is 0 Å². The number of hydrogen-bond donors (Lipinski definition) is 3. The summed E-state index contributed by atoms with van der Waals surface area (Å²) in [5.41, 5.74) is 4.67. The maximum atomic E-state index is 9.31.